The molecule has 0 bridgehead atoms. The molecule has 4 nitrogen and oxygen atoms in total. The quantitative estimate of drug-likeness (QED) is 0.793. The fourth-order valence-electron chi connectivity index (χ4n) is 1.62. The first-order chi connectivity index (χ1) is 7.85. The summed E-state index contributed by atoms with van der Waals surface area (Å²) in [5, 5.41) is 2.60. The van der Waals surface area contributed by atoms with Crippen molar-refractivity contribution in [3.8, 4) is 5.69 Å². The molecule has 82 valence electrons. The second-order valence-corrected chi connectivity index (χ2v) is 3.38. The van der Waals surface area contributed by atoms with Gasteiger partial charge in [-0.25, -0.2) is 4.98 Å². The minimum absolute atomic E-state index is 0.670. The van der Waals surface area contributed by atoms with Crippen molar-refractivity contribution in [2.45, 2.75) is 13.3 Å². The Kier molecular flexibility index (Phi) is 3.00. The zero-order chi connectivity index (χ0) is 11.4. The molecule has 0 aliphatic carbocycles. The highest BCUT2D eigenvalue weighted by atomic mass is 16.1. The number of amides is 1. The molecule has 0 fully saturated rings. The predicted octanol–water partition coefficient (Wildman–Crippen LogP) is 2.00. The number of aryl methyl sites for hydroxylation is 1. The van der Waals surface area contributed by atoms with E-state index in [9.17, 15) is 4.79 Å². The number of aromatic nitrogens is 2. The van der Waals surface area contributed by atoms with E-state index in [1.54, 1.807) is 6.20 Å². The third kappa shape index (κ3) is 1.95. The average molecular weight is 215 g/mol. The van der Waals surface area contributed by atoms with E-state index >= 15 is 0 Å². The summed E-state index contributed by atoms with van der Waals surface area (Å²) < 4.78 is 2.03. The van der Waals surface area contributed by atoms with Gasteiger partial charge >= 0.3 is 0 Å². The number of hydrogen-bond acceptors (Lipinski definition) is 2. The second-order valence-electron chi connectivity index (χ2n) is 3.38. The van der Waals surface area contributed by atoms with Gasteiger partial charge in [0, 0.05) is 30.2 Å². The van der Waals surface area contributed by atoms with Crippen LogP contribution in [0.3, 0.4) is 0 Å². The highest BCUT2D eigenvalue weighted by Gasteiger charge is 2.02. The Labute approximate surface area is 93.9 Å². The van der Waals surface area contributed by atoms with Crippen molar-refractivity contribution < 1.29 is 4.79 Å². The van der Waals surface area contributed by atoms with Crippen molar-refractivity contribution in [3.05, 3.63) is 42.5 Å². The van der Waals surface area contributed by atoms with Crippen LogP contribution in [-0.4, -0.2) is 16.0 Å². The lowest BCUT2D eigenvalue weighted by molar-refractivity contribution is -0.105. The smallest absolute Gasteiger partial charge is 0.211 e. The third-order valence-corrected chi connectivity index (χ3v) is 2.40. The van der Waals surface area contributed by atoms with Crippen LogP contribution in [-0.2, 0) is 11.2 Å². The van der Waals surface area contributed by atoms with E-state index in [-0.39, 0.29) is 0 Å². The van der Waals surface area contributed by atoms with Gasteiger partial charge in [0.1, 0.15) is 5.82 Å². The Morgan fingerprint density at radius 2 is 2.12 bits per heavy atom. The van der Waals surface area contributed by atoms with Crippen LogP contribution in [0.1, 0.15) is 12.7 Å². The predicted molar refractivity (Wildman–Crippen MR) is 62.6 cm³/mol. The molecule has 0 saturated heterocycles. The number of imidazole rings is 1. The van der Waals surface area contributed by atoms with Crippen LogP contribution < -0.4 is 5.32 Å². The van der Waals surface area contributed by atoms with Gasteiger partial charge in [-0.1, -0.05) is 6.92 Å². The summed E-state index contributed by atoms with van der Waals surface area (Å²) in [4.78, 5) is 14.5. The Morgan fingerprint density at radius 1 is 1.38 bits per heavy atom. The van der Waals surface area contributed by atoms with Crippen molar-refractivity contribution in [2.24, 2.45) is 0 Å². The molecule has 1 amide bonds. The molecule has 4 heteroatoms. The highest BCUT2D eigenvalue weighted by molar-refractivity contribution is 5.71. The van der Waals surface area contributed by atoms with Crippen molar-refractivity contribution in [3.63, 3.8) is 0 Å². The van der Waals surface area contributed by atoms with Crippen molar-refractivity contribution in [1.29, 1.82) is 0 Å². The summed E-state index contributed by atoms with van der Waals surface area (Å²) in [6, 6.07) is 7.63. The maximum atomic E-state index is 10.3. The number of rotatable bonds is 4. The lowest BCUT2D eigenvalue weighted by Gasteiger charge is -2.07. The molecule has 0 unspecified atom stereocenters. The van der Waals surface area contributed by atoms with Crippen LogP contribution in [0.5, 0.6) is 0 Å². The van der Waals surface area contributed by atoms with Crippen molar-refractivity contribution >= 4 is 12.1 Å². The van der Waals surface area contributed by atoms with Crippen LogP contribution in [0.2, 0.25) is 0 Å². The summed E-state index contributed by atoms with van der Waals surface area (Å²) in [5.74, 6) is 1.02. The standard InChI is InChI=1S/C12H13N3O/c1-2-12-13-7-8-15(12)11-5-3-10(4-6-11)14-9-16/h3-9H,2H2,1H3,(H,14,16). The highest BCUT2D eigenvalue weighted by Crippen LogP contribution is 2.14. The molecule has 0 aliphatic heterocycles. The van der Waals surface area contributed by atoms with E-state index < -0.39 is 0 Å². The molecular weight excluding hydrogens is 202 g/mol. The SMILES string of the molecule is CCc1nccn1-c1ccc(NC=O)cc1. The first kappa shape index (κ1) is 10.4. The third-order valence-electron chi connectivity index (χ3n) is 2.40. The normalized spacial score (nSPS) is 10.1. The molecule has 16 heavy (non-hydrogen) atoms. The van der Waals surface area contributed by atoms with Gasteiger partial charge in [-0.3, -0.25) is 4.79 Å². The second kappa shape index (κ2) is 4.61. The van der Waals surface area contributed by atoms with E-state index in [1.165, 1.54) is 0 Å². The van der Waals surface area contributed by atoms with Crippen LogP contribution in [0.4, 0.5) is 5.69 Å². The van der Waals surface area contributed by atoms with Crippen LogP contribution in [0.25, 0.3) is 5.69 Å². The Bertz CT molecular complexity index is 473. The minimum atomic E-state index is 0.670. The largest absolute Gasteiger partial charge is 0.329 e. The Morgan fingerprint density at radius 3 is 2.75 bits per heavy atom. The number of hydrogen-bond donors (Lipinski definition) is 1. The molecule has 1 heterocycles. The molecule has 0 spiro atoms. The Hall–Kier alpha value is -2.10. The van der Waals surface area contributed by atoms with Gasteiger partial charge in [-0.15, -0.1) is 0 Å². The van der Waals surface area contributed by atoms with E-state index in [4.69, 9.17) is 0 Å². The molecule has 0 atom stereocenters. The van der Waals surface area contributed by atoms with Gasteiger partial charge in [0.2, 0.25) is 6.41 Å². The fraction of sp³-hybridized carbons (Fsp3) is 0.167. The zero-order valence-electron chi connectivity index (χ0n) is 9.05. The number of anilines is 1. The molecule has 1 N–H and O–H groups in total. The number of carbonyl (C=O) groups excluding carboxylic acids is 1. The first-order valence-corrected chi connectivity index (χ1v) is 5.18. The number of nitrogens with one attached hydrogen (secondary N) is 1. The van der Waals surface area contributed by atoms with Gasteiger partial charge in [0.05, 0.1) is 0 Å². The average Bonchev–Trinajstić information content (AvgIpc) is 2.78. The van der Waals surface area contributed by atoms with Crippen LogP contribution in [0, 0.1) is 0 Å². The molecule has 1 aromatic carbocycles. The fourth-order valence-corrected chi connectivity index (χ4v) is 1.62. The van der Waals surface area contributed by atoms with E-state index in [1.807, 2.05) is 35.0 Å². The number of carbonyl (C=O) groups is 1. The van der Waals surface area contributed by atoms with Crippen LogP contribution >= 0.6 is 0 Å². The monoisotopic (exact) mass is 215 g/mol. The zero-order valence-corrected chi connectivity index (χ0v) is 9.05. The number of benzene rings is 1. The molecular formula is C12H13N3O. The summed E-state index contributed by atoms with van der Waals surface area (Å²) in [7, 11) is 0. The summed E-state index contributed by atoms with van der Waals surface area (Å²) in [6.45, 7) is 2.07. The molecule has 0 aliphatic rings. The van der Waals surface area contributed by atoms with E-state index in [0.29, 0.717) is 6.41 Å². The minimum Gasteiger partial charge on any atom is -0.329 e. The van der Waals surface area contributed by atoms with E-state index in [0.717, 1.165) is 23.6 Å². The molecule has 1 aromatic heterocycles. The molecule has 2 rings (SSSR count). The van der Waals surface area contributed by atoms with Gasteiger partial charge in [-0.2, -0.15) is 0 Å². The molecule has 2 aromatic rings. The van der Waals surface area contributed by atoms with Gasteiger partial charge in [-0.05, 0) is 24.3 Å². The lowest BCUT2D eigenvalue weighted by Crippen LogP contribution is -1.99. The molecule has 0 saturated carbocycles. The summed E-state index contributed by atoms with van der Waals surface area (Å²) in [6.07, 6.45) is 5.28. The van der Waals surface area contributed by atoms with Gasteiger partial charge in [0.15, 0.2) is 0 Å². The van der Waals surface area contributed by atoms with Gasteiger partial charge < -0.3 is 9.88 Å². The maximum Gasteiger partial charge on any atom is 0.211 e. The summed E-state index contributed by atoms with van der Waals surface area (Å²) in [5.41, 5.74) is 1.84. The van der Waals surface area contributed by atoms with E-state index in [2.05, 4.69) is 17.2 Å². The number of nitrogens with zero attached hydrogens (tertiary/aromatic N) is 2. The molecule has 0 radical (unpaired) electrons. The van der Waals surface area contributed by atoms with Gasteiger partial charge in [0.25, 0.3) is 0 Å². The van der Waals surface area contributed by atoms with Crippen molar-refractivity contribution in [2.75, 3.05) is 5.32 Å². The maximum absolute atomic E-state index is 10.3. The van der Waals surface area contributed by atoms with Crippen LogP contribution in [0.15, 0.2) is 36.7 Å². The Balaban J connectivity index is 2.31. The van der Waals surface area contributed by atoms with Crippen molar-refractivity contribution in [1.82, 2.24) is 9.55 Å². The lowest BCUT2D eigenvalue weighted by atomic mass is 10.2. The first-order valence-electron chi connectivity index (χ1n) is 5.18. The summed E-state index contributed by atoms with van der Waals surface area (Å²) >= 11 is 0. The topological polar surface area (TPSA) is 46.9 Å².